The third-order valence-electron chi connectivity index (χ3n) is 3.37. The summed E-state index contributed by atoms with van der Waals surface area (Å²) in [6.07, 6.45) is 2.84. The van der Waals surface area contributed by atoms with Crippen molar-refractivity contribution in [3.8, 4) is 0 Å². The van der Waals surface area contributed by atoms with E-state index in [1.54, 1.807) is 11.3 Å². The third kappa shape index (κ3) is 2.13. The number of thiazole rings is 1. The van der Waals surface area contributed by atoms with Crippen molar-refractivity contribution in [1.82, 2.24) is 4.98 Å². The second-order valence-corrected chi connectivity index (χ2v) is 5.99. The highest BCUT2D eigenvalue weighted by atomic mass is 32.1. The van der Waals surface area contributed by atoms with E-state index >= 15 is 0 Å². The molecule has 1 aromatic carbocycles. The van der Waals surface area contributed by atoms with Gasteiger partial charge >= 0.3 is 0 Å². The molecule has 0 saturated carbocycles. The molecule has 1 aromatic heterocycles. The molecule has 0 aliphatic heterocycles. The summed E-state index contributed by atoms with van der Waals surface area (Å²) in [5, 5.41) is 3.26. The first kappa shape index (κ1) is 10.9. The van der Waals surface area contributed by atoms with Crippen LogP contribution in [0.5, 0.6) is 0 Å². The maximum Gasteiger partial charge on any atom is 0.0946 e. The summed E-state index contributed by atoms with van der Waals surface area (Å²) in [5.74, 6) is 0. The zero-order chi connectivity index (χ0) is 11.9. The van der Waals surface area contributed by atoms with Gasteiger partial charge in [-0.3, -0.25) is 0 Å². The van der Waals surface area contributed by atoms with Crippen LogP contribution in [0.15, 0.2) is 29.6 Å². The number of hydrogen-bond donors (Lipinski definition) is 1. The zero-order valence-corrected chi connectivity index (χ0v) is 10.8. The molecule has 0 radical (unpaired) electrons. The number of aryl methyl sites for hydroxylation is 1. The van der Waals surface area contributed by atoms with E-state index in [2.05, 4.69) is 34.6 Å². The monoisotopic (exact) mass is 244 g/mol. The van der Waals surface area contributed by atoms with Crippen molar-refractivity contribution >= 4 is 11.3 Å². The van der Waals surface area contributed by atoms with Crippen molar-refractivity contribution in [3.63, 3.8) is 0 Å². The van der Waals surface area contributed by atoms with Gasteiger partial charge in [0, 0.05) is 23.0 Å². The lowest BCUT2D eigenvalue weighted by molar-refractivity contribution is 0.445. The fourth-order valence-corrected chi connectivity index (χ4v) is 3.56. The van der Waals surface area contributed by atoms with E-state index < -0.39 is 0 Å². The highest BCUT2D eigenvalue weighted by molar-refractivity contribution is 7.09. The molecule has 0 spiro atoms. The maximum atomic E-state index is 6.52. The van der Waals surface area contributed by atoms with Gasteiger partial charge in [-0.2, -0.15) is 0 Å². The fourth-order valence-electron chi connectivity index (χ4n) is 2.63. The Balaban J connectivity index is 1.82. The minimum atomic E-state index is -0.131. The lowest BCUT2D eigenvalue weighted by atomic mass is 9.93. The number of hydrogen-bond acceptors (Lipinski definition) is 3. The molecule has 0 saturated heterocycles. The number of benzene rings is 1. The van der Waals surface area contributed by atoms with Crippen LogP contribution < -0.4 is 5.73 Å². The maximum absolute atomic E-state index is 6.52. The predicted octanol–water partition coefficient (Wildman–Crippen LogP) is 2.49. The van der Waals surface area contributed by atoms with Gasteiger partial charge in [0.25, 0.3) is 0 Å². The van der Waals surface area contributed by atoms with Gasteiger partial charge in [-0.25, -0.2) is 4.98 Å². The van der Waals surface area contributed by atoms with Crippen LogP contribution in [0, 0.1) is 6.92 Å². The van der Waals surface area contributed by atoms with E-state index in [9.17, 15) is 0 Å². The van der Waals surface area contributed by atoms with E-state index in [-0.39, 0.29) is 5.54 Å². The summed E-state index contributed by atoms with van der Waals surface area (Å²) in [5.41, 5.74) is 10.3. The Hall–Kier alpha value is -1.19. The van der Waals surface area contributed by atoms with Crippen molar-refractivity contribution in [2.24, 2.45) is 5.73 Å². The summed E-state index contributed by atoms with van der Waals surface area (Å²) in [6, 6.07) is 8.57. The van der Waals surface area contributed by atoms with Gasteiger partial charge in [0.05, 0.1) is 5.01 Å². The van der Waals surface area contributed by atoms with Crippen LogP contribution in [0.1, 0.15) is 21.8 Å². The molecule has 0 fully saturated rings. The molecule has 3 rings (SSSR count). The number of nitrogens with zero attached hydrogens (tertiary/aromatic N) is 1. The Bertz CT molecular complexity index is 520. The van der Waals surface area contributed by atoms with Crippen molar-refractivity contribution in [3.05, 3.63) is 51.5 Å². The van der Waals surface area contributed by atoms with Crippen molar-refractivity contribution in [2.45, 2.75) is 31.7 Å². The van der Waals surface area contributed by atoms with E-state index in [4.69, 9.17) is 5.73 Å². The molecule has 0 bridgehead atoms. The van der Waals surface area contributed by atoms with E-state index in [1.165, 1.54) is 11.1 Å². The van der Waals surface area contributed by atoms with Crippen LogP contribution in [0.25, 0.3) is 0 Å². The molecule has 88 valence electrons. The first-order valence-corrected chi connectivity index (χ1v) is 6.79. The molecule has 0 atom stereocenters. The van der Waals surface area contributed by atoms with Crippen LogP contribution in [0.4, 0.5) is 0 Å². The van der Waals surface area contributed by atoms with E-state index in [1.807, 2.05) is 6.92 Å². The quantitative estimate of drug-likeness (QED) is 0.881. The minimum absolute atomic E-state index is 0.131. The molecule has 2 aromatic rings. The van der Waals surface area contributed by atoms with Gasteiger partial charge in [-0.1, -0.05) is 24.3 Å². The van der Waals surface area contributed by atoms with Gasteiger partial charge in [0.1, 0.15) is 0 Å². The Morgan fingerprint density at radius 3 is 2.47 bits per heavy atom. The van der Waals surface area contributed by atoms with Crippen LogP contribution in [-0.2, 0) is 19.3 Å². The lowest BCUT2D eigenvalue weighted by Gasteiger charge is -2.22. The first-order chi connectivity index (χ1) is 8.15. The summed E-state index contributed by atoms with van der Waals surface area (Å²) in [4.78, 5) is 4.52. The molecule has 1 aliphatic carbocycles. The minimum Gasteiger partial charge on any atom is -0.324 e. The Morgan fingerprint density at radius 1 is 1.29 bits per heavy atom. The summed E-state index contributed by atoms with van der Waals surface area (Å²) < 4.78 is 0. The Morgan fingerprint density at radius 2 is 1.94 bits per heavy atom. The average Bonchev–Trinajstić information content (AvgIpc) is 2.81. The van der Waals surface area contributed by atoms with Gasteiger partial charge in [-0.15, -0.1) is 11.3 Å². The Kier molecular flexibility index (Phi) is 2.53. The highest BCUT2D eigenvalue weighted by Crippen LogP contribution is 2.31. The van der Waals surface area contributed by atoms with Crippen molar-refractivity contribution in [1.29, 1.82) is 0 Å². The van der Waals surface area contributed by atoms with Gasteiger partial charge in [0.15, 0.2) is 0 Å². The molecular weight excluding hydrogens is 228 g/mol. The average molecular weight is 244 g/mol. The van der Waals surface area contributed by atoms with Crippen LogP contribution in [0.2, 0.25) is 0 Å². The predicted molar refractivity (Wildman–Crippen MR) is 71.3 cm³/mol. The number of rotatable bonds is 2. The topological polar surface area (TPSA) is 38.9 Å². The standard InChI is InChI=1S/C14H16N2S/c1-10-9-17-13(16-10)8-14(15)6-11-4-2-3-5-12(11)7-14/h2-5,9H,6-8,15H2,1H3. The largest absolute Gasteiger partial charge is 0.324 e. The van der Waals surface area contributed by atoms with Crippen LogP contribution >= 0.6 is 11.3 Å². The molecular formula is C14H16N2S. The first-order valence-electron chi connectivity index (χ1n) is 5.91. The summed E-state index contributed by atoms with van der Waals surface area (Å²) in [6.45, 7) is 2.03. The zero-order valence-electron chi connectivity index (χ0n) is 9.94. The molecule has 0 unspecified atom stereocenters. The molecule has 2 N–H and O–H groups in total. The van der Waals surface area contributed by atoms with E-state index in [0.717, 1.165) is 30.0 Å². The van der Waals surface area contributed by atoms with Gasteiger partial charge < -0.3 is 5.73 Å². The third-order valence-corrected chi connectivity index (χ3v) is 4.34. The SMILES string of the molecule is Cc1csc(CC2(N)Cc3ccccc3C2)n1. The second-order valence-electron chi connectivity index (χ2n) is 5.04. The molecule has 0 amide bonds. The fraction of sp³-hybridized carbons (Fsp3) is 0.357. The summed E-state index contributed by atoms with van der Waals surface area (Å²) in [7, 11) is 0. The molecule has 1 aliphatic rings. The molecule has 3 heteroatoms. The Labute approximate surface area is 106 Å². The van der Waals surface area contributed by atoms with Crippen molar-refractivity contribution < 1.29 is 0 Å². The summed E-state index contributed by atoms with van der Waals surface area (Å²) >= 11 is 1.72. The number of nitrogens with two attached hydrogens (primary N) is 1. The number of fused-ring (bicyclic) bond motifs is 1. The van der Waals surface area contributed by atoms with E-state index in [0.29, 0.717) is 0 Å². The number of aromatic nitrogens is 1. The van der Waals surface area contributed by atoms with Gasteiger partial charge in [-0.05, 0) is 30.9 Å². The molecule has 1 heterocycles. The van der Waals surface area contributed by atoms with Crippen LogP contribution in [0.3, 0.4) is 0 Å². The lowest BCUT2D eigenvalue weighted by Crippen LogP contribution is -2.42. The highest BCUT2D eigenvalue weighted by Gasteiger charge is 2.34. The molecule has 17 heavy (non-hydrogen) atoms. The van der Waals surface area contributed by atoms with Gasteiger partial charge in [0.2, 0.25) is 0 Å². The smallest absolute Gasteiger partial charge is 0.0946 e. The normalized spacial score (nSPS) is 17.1. The second kappa shape index (κ2) is 3.93. The van der Waals surface area contributed by atoms with Crippen molar-refractivity contribution in [2.75, 3.05) is 0 Å². The molecule has 2 nitrogen and oxygen atoms in total. The van der Waals surface area contributed by atoms with Crippen LogP contribution in [-0.4, -0.2) is 10.5 Å².